The van der Waals surface area contributed by atoms with Crippen LogP contribution in [-0.2, 0) is 16.0 Å². The minimum Gasteiger partial charge on any atom is -0.381 e. The van der Waals surface area contributed by atoms with Crippen molar-refractivity contribution in [1.82, 2.24) is 20.0 Å². The molecule has 1 atom stereocenters. The Balaban J connectivity index is 1.41. The Morgan fingerprint density at radius 1 is 0.947 bits per heavy atom. The van der Waals surface area contributed by atoms with Crippen LogP contribution < -0.4 is 5.32 Å². The maximum atomic E-state index is 13.9. The van der Waals surface area contributed by atoms with Gasteiger partial charge in [0.1, 0.15) is 0 Å². The second kappa shape index (κ2) is 14.0. The van der Waals surface area contributed by atoms with Gasteiger partial charge in [-0.15, -0.1) is 0 Å². The Morgan fingerprint density at radius 3 is 2.13 bits per heavy atom. The third kappa shape index (κ3) is 7.64. The van der Waals surface area contributed by atoms with Crippen molar-refractivity contribution in [3.8, 4) is 0 Å². The van der Waals surface area contributed by atoms with E-state index in [4.69, 9.17) is 16.3 Å². The molecule has 0 radical (unpaired) electrons. The van der Waals surface area contributed by atoms with E-state index in [1.807, 2.05) is 43.3 Å². The van der Waals surface area contributed by atoms with Crippen LogP contribution in [0.5, 0.6) is 0 Å². The van der Waals surface area contributed by atoms with Crippen molar-refractivity contribution in [1.29, 1.82) is 0 Å². The van der Waals surface area contributed by atoms with Crippen LogP contribution in [0.1, 0.15) is 76.2 Å². The summed E-state index contributed by atoms with van der Waals surface area (Å²) < 4.78 is 5.55. The minimum atomic E-state index is -0.269. The van der Waals surface area contributed by atoms with Crippen LogP contribution in [0.3, 0.4) is 0 Å². The lowest BCUT2D eigenvalue weighted by molar-refractivity contribution is -0.135. The molecule has 38 heavy (non-hydrogen) atoms. The van der Waals surface area contributed by atoms with Crippen molar-refractivity contribution < 1.29 is 14.3 Å². The zero-order chi connectivity index (χ0) is 27.1. The molecule has 3 fully saturated rings. The van der Waals surface area contributed by atoms with Crippen LogP contribution in [0.4, 0.5) is 4.79 Å². The highest BCUT2D eigenvalue weighted by molar-refractivity contribution is 6.30. The Bertz CT molecular complexity index is 889. The number of hydrogen-bond donors (Lipinski definition) is 1. The number of benzene rings is 1. The Hall–Kier alpha value is -1.83. The highest BCUT2D eigenvalue weighted by Gasteiger charge is 2.37. The Labute approximate surface area is 234 Å². The SMILES string of the molecule is COC1CCC(N[C@@H](Cc2ccc(Cl)cc2)C(=O)N2CCC(N(C(=O)N(C)C)C3CCCCC3)CC2)CC1. The van der Waals surface area contributed by atoms with Gasteiger partial charge in [0.15, 0.2) is 0 Å². The van der Waals surface area contributed by atoms with Gasteiger partial charge >= 0.3 is 6.03 Å². The van der Waals surface area contributed by atoms with Crippen molar-refractivity contribution in [2.75, 3.05) is 34.3 Å². The molecule has 1 aliphatic heterocycles. The van der Waals surface area contributed by atoms with E-state index in [0.717, 1.165) is 56.9 Å². The van der Waals surface area contributed by atoms with Gasteiger partial charge in [-0.25, -0.2) is 4.79 Å². The highest BCUT2D eigenvalue weighted by atomic mass is 35.5. The molecule has 0 unspecified atom stereocenters. The number of carbonyl (C=O) groups is 2. The maximum absolute atomic E-state index is 13.9. The molecular formula is C30H47ClN4O3. The average Bonchev–Trinajstić information content (AvgIpc) is 2.95. The number of ether oxygens (including phenoxy) is 1. The van der Waals surface area contributed by atoms with E-state index in [-0.39, 0.29) is 24.0 Å². The first-order valence-electron chi connectivity index (χ1n) is 14.7. The number of piperidine rings is 1. The van der Waals surface area contributed by atoms with E-state index < -0.39 is 0 Å². The molecule has 1 heterocycles. The fourth-order valence-corrected chi connectivity index (χ4v) is 6.73. The normalized spacial score (nSPS) is 24.2. The number of carbonyl (C=O) groups excluding carboxylic acids is 2. The molecule has 8 heteroatoms. The molecule has 1 aromatic rings. The summed E-state index contributed by atoms with van der Waals surface area (Å²) in [6.07, 6.45) is 12.6. The van der Waals surface area contributed by atoms with Crippen molar-refractivity contribution >= 4 is 23.5 Å². The van der Waals surface area contributed by atoms with Crippen molar-refractivity contribution in [3.05, 3.63) is 34.9 Å². The zero-order valence-electron chi connectivity index (χ0n) is 23.5. The lowest BCUT2D eigenvalue weighted by Crippen LogP contribution is -2.58. The molecule has 1 N–H and O–H groups in total. The maximum Gasteiger partial charge on any atom is 0.319 e. The summed E-state index contributed by atoms with van der Waals surface area (Å²) >= 11 is 6.12. The number of likely N-dealkylation sites (tertiary alicyclic amines) is 1. The number of methoxy groups -OCH3 is 1. The minimum absolute atomic E-state index is 0.121. The third-order valence-corrected chi connectivity index (χ3v) is 9.09. The zero-order valence-corrected chi connectivity index (χ0v) is 24.3. The number of nitrogens with zero attached hydrogens (tertiary/aromatic N) is 3. The molecular weight excluding hydrogens is 500 g/mol. The van der Waals surface area contributed by atoms with Gasteiger partial charge in [-0.3, -0.25) is 4.79 Å². The van der Waals surface area contributed by atoms with Gasteiger partial charge in [0.05, 0.1) is 12.1 Å². The first-order chi connectivity index (χ1) is 18.4. The molecule has 212 valence electrons. The summed E-state index contributed by atoms with van der Waals surface area (Å²) in [5.74, 6) is 0.176. The predicted molar refractivity (Wildman–Crippen MR) is 153 cm³/mol. The summed E-state index contributed by atoms with van der Waals surface area (Å²) in [5, 5.41) is 4.44. The number of halogens is 1. The van der Waals surface area contributed by atoms with Crippen LogP contribution in [0, 0.1) is 0 Å². The van der Waals surface area contributed by atoms with E-state index in [1.165, 1.54) is 19.3 Å². The second-order valence-electron chi connectivity index (χ2n) is 11.7. The quantitative estimate of drug-likeness (QED) is 0.492. The molecule has 0 bridgehead atoms. The molecule has 2 saturated carbocycles. The third-order valence-electron chi connectivity index (χ3n) is 8.84. The van der Waals surface area contributed by atoms with E-state index >= 15 is 0 Å². The lowest BCUT2D eigenvalue weighted by atomic mass is 9.90. The summed E-state index contributed by atoms with van der Waals surface area (Å²) in [4.78, 5) is 33.0. The van der Waals surface area contributed by atoms with E-state index in [9.17, 15) is 9.59 Å². The molecule has 1 saturated heterocycles. The summed E-state index contributed by atoms with van der Waals surface area (Å²) in [5.41, 5.74) is 1.11. The largest absolute Gasteiger partial charge is 0.381 e. The standard InChI is InChI=1S/C30H47ClN4O3/c1-33(2)30(37)35(25-7-5-4-6-8-25)26-17-19-34(20-18-26)29(36)28(21-22-9-11-23(31)12-10-22)32-24-13-15-27(38-3)16-14-24/h9-12,24-28,32H,4-8,13-21H2,1-3H3/t24?,27?,28-/m0/s1. The highest BCUT2D eigenvalue weighted by Crippen LogP contribution is 2.29. The van der Waals surface area contributed by atoms with Crippen LogP contribution in [0.15, 0.2) is 24.3 Å². The number of nitrogens with one attached hydrogen (secondary N) is 1. The van der Waals surface area contributed by atoms with Gasteiger partial charge in [-0.1, -0.05) is 43.0 Å². The van der Waals surface area contributed by atoms with Crippen LogP contribution in [0.25, 0.3) is 0 Å². The van der Waals surface area contributed by atoms with E-state index in [2.05, 4.69) is 10.2 Å². The first-order valence-corrected chi connectivity index (χ1v) is 15.0. The van der Waals surface area contributed by atoms with Gasteiger partial charge in [-0.05, 0) is 75.5 Å². The number of amides is 3. The van der Waals surface area contributed by atoms with Gasteiger partial charge in [-0.2, -0.15) is 0 Å². The lowest BCUT2D eigenvalue weighted by Gasteiger charge is -2.45. The molecule has 2 aliphatic carbocycles. The second-order valence-corrected chi connectivity index (χ2v) is 12.1. The van der Waals surface area contributed by atoms with Gasteiger partial charge in [0.2, 0.25) is 5.91 Å². The van der Waals surface area contributed by atoms with E-state index in [0.29, 0.717) is 42.7 Å². The fourth-order valence-electron chi connectivity index (χ4n) is 6.61. The topological polar surface area (TPSA) is 65.1 Å². The Kier molecular flexibility index (Phi) is 10.7. The van der Waals surface area contributed by atoms with Crippen molar-refractivity contribution in [2.45, 2.75) is 107 Å². The molecule has 0 aromatic heterocycles. The van der Waals surface area contributed by atoms with E-state index in [1.54, 1.807) is 12.0 Å². The fraction of sp³-hybridized carbons (Fsp3) is 0.733. The summed E-state index contributed by atoms with van der Waals surface area (Å²) in [6.45, 7) is 1.39. The molecule has 0 spiro atoms. The number of hydrogen-bond acceptors (Lipinski definition) is 4. The van der Waals surface area contributed by atoms with Gasteiger partial charge in [0.25, 0.3) is 0 Å². The van der Waals surface area contributed by atoms with Gasteiger partial charge in [0, 0.05) is 57.4 Å². The van der Waals surface area contributed by atoms with Crippen molar-refractivity contribution in [3.63, 3.8) is 0 Å². The monoisotopic (exact) mass is 546 g/mol. The molecule has 3 amide bonds. The average molecular weight is 547 g/mol. The predicted octanol–water partition coefficient (Wildman–Crippen LogP) is 5.11. The van der Waals surface area contributed by atoms with Gasteiger partial charge < -0.3 is 24.8 Å². The summed E-state index contributed by atoms with van der Waals surface area (Å²) in [7, 11) is 5.49. The molecule has 1 aromatic carbocycles. The van der Waals surface area contributed by atoms with Crippen LogP contribution in [0.2, 0.25) is 5.02 Å². The smallest absolute Gasteiger partial charge is 0.319 e. The Morgan fingerprint density at radius 2 is 1.55 bits per heavy atom. The number of urea groups is 1. The van der Waals surface area contributed by atoms with Crippen LogP contribution >= 0.6 is 11.6 Å². The molecule has 7 nitrogen and oxygen atoms in total. The van der Waals surface area contributed by atoms with Crippen LogP contribution in [-0.4, -0.2) is 91.2 Å². The summed E-state index contributed by atoms with van der Waals surface area (Å²) in [6, 6.07) is 8.53. The first kappa shape index (κ1) is 29.2. The molecule has 4 rings (SSSR count). The van der Waals surface area contributed by atoms with Crippen molar-refractivity contribution in [2.24, 2.45) is 0 Å². The molecule has 3 aliphatic rings. The number of rotatable bonds is 8.